The lowest BCUT2D eigenvalue weighted by Crippen LogP contribution is -2.19. The van der Waals surface area contributed by atoms with E-state index in [9.17, 15) is 0 Å². The maximum atomic E-state index is 7.62. The highest BCUT2D eigenvalue weighted by molar-refractivity contribution is 7.98. The monoisotopic (exact) mass is 271 g/mol. The summed E-state index contributed by atoms with van der Waals surface area (Å²) in [4.78, 5) is 5.49. The van der Waals surface area contributed by atoms with Gasteiger partial charge in [0.15, 0.2) is 0 Å². The number of aromatic nitrogens is 1. The van der Waals surface area contributed by atoms with Crippen molar-refractivity contribution in [3.8, 4) is 0 Å². The molecule has 0 radical (unpaired) electrons. The van der Waals surface area contributed by atoms with Gasteiger partial charge in [-0.05, 0) is 12.2 Å². The van der Waals surface area contributed by atoms with E-state index >= 15 is 0 Å². The van der Waals surface area contributed by atoms with E-state index < -0.39 is 0 Å². The molecule has 0 bridgehead atoms. The van der Waals surface area contributed by atoms with Crippen LogP contribution in [-0.4, -0.2) is 16.6 Å². The fourth-order valence-corrected chi connectivity index (χ4v) is 3.51. The summed E-state index contributed by atoms with van der Waals surface area (Å²) >= 11 is 3.45. The van der Waals surface area contributed by atoms with Crippen LogP contribution < -0.4 is 5.73 Å². The van der Waals surface area contributed by atoms with Crippen molar-refractivity contribution in [3.63, 3.8) is 0 Å². The van der Waals surface area contributed by atoms with Crippen molar-refractivity contribution in [1.29, 1.82) is 5.41 Å². The van der Waals surface area contributed by atoms with E-state index in [-0.39, 0.29) is 11.3 Å². The van der Waals surface area contributed by atoms with E-state index in [0.29, 0.717) is 0 Å². The van der Waals surface area contributed by atoms with Crippen molar-refractivity contribution in [1.82, 2.24) is 4.98 Å². The highest BCUT2D eigenvalue weighted by atomic mass is 32.2. The number of amidine groups is 1. The molecule has 0 aliphatic heterocycles. The smallest absolute Gasteiger partial charge is 0.135 e. The van der Waals surface area contributed by atoms with Gasteiger partial charge in [-0.15, -0.1) is 11.3 Å². The number of nitrogens with two attached hydrogens (primary N) is 1. The molecule has 0 fully saturated rings. The summed E-state index contributed by atoms with van der Waals surface area (Å²) in [7, 11) is 0. The third kappa shape index (κ3) is 4.00. The van der Waals surface area contributed by atoms with E-state index in [4.69, 9.17) is 11.1 Å². The average Bonchev–Trinajstić information content (AvgIpc) is 2.62. The fraction of sp³-hybridized carbons (Fsp3) is 0.667. The molecule has 1 aromatic rings. The molecule has 0 aliphatic carbocycles. The first-order valence-electron chi connectivity index (χ1n) is 5.78. The van der Waals surface area contributed by atoms with Crippen molar-refractivity contribution in [2.75, 3.05) is 5.75 Å². The summed E-state index contributed by atoms with van der Waals surface area (Å²) in [5.74, 6) is 2.22. The maximum Gasteiger partial charge on any atom is 0.135 e. The molecule has 0 unspecified atom stereocenters. The van der Waals surface area contributed by atoms with Crippen LogP contribution in [0.25, 0.3) is 0 Å². The molecule has 0 amide bonds. The Morgan fingerprint density at radius 1 is 1.47 bits per heavy atom. The van der Waals surface area contributed by atoms with Gasteiger partial charge >= 0.3 is 0 Å². The Hall–Kier alpha value is -0.550. The van der Waals surface area contributed by atoms with Gasteiger partial charge in [0.05, 0.1) is 10.6 Å². The molecule has 1 aromatic heterocycles. The normalized spacial score (nSPS) is 11.8. The van der Waals surface area contributed by atoms with Gasteiger partial charge in [0.25, 0.3) is 0 Å². The Morgan fingerprint density at radius 3 is 2.53 bits per heavy atom. The minimum absolute atomic E-state index is 0.0504. The van der Waals surface area contributed by atoms with Gasteiger partial charge < -0.3 is 5.73 Å². The average molecular weight is 271 g/mol. The second-order valence-electron chi connectivity index (χ2n) is 5.00. The van der Waals surface area contributed by atoms with Crippen molar-refractivity contribution in [2.45, 2.75) is 45.3 Å². The zero-order valence-corrected chi connectivity index (χ0v) is 12.6. The topological polar surface area (TPSA) is 62.8 Å². The molecular formula is C12H21N3S2. The number of thioether (sulfide) groups is 1. The zero-order chi connectivity index (χ0) is 13.1. The van der Waals surface area contributed by atoms with Gasteiger partial charge in [-0.25, -0.2) is 4.98 Å². The number of nitrogens with one attached hydrogen (secondary N) is 1. The summed E-state index contributed by atoms with van der Waals surface area (Å²) < 4.78 is 0. The first-order valence-corrected chi connectivity index (χ1v) is 7.75. The summed E-state index contributed by atoms with van der Waals surface area (Å²) in [5, 5.41) is 8.71. The molecule has 3 N–H and O–H groups in total. The quantitative estimate of drug-likeness (QED) is 0.490. The molecule has 1 heterocycles. The van der Waals surface area contributed by atoms with E-state index in [2.05, 4.69) is 32.7 Å². The Bertz CT molecular complexity index is 391. The first kappa shape index (κ1) is 14.5. The summed E-state index contributed by atoms with van der Waals surface area (Å²) in [6.45, 7) is 8.50. The van der Waals surface area contributed by atoms with Crippen LogP contribution in [0.5, 0.6) is 0 Å². The summed E-state index contributed by atoms with van der Waals surface area (Å²) in [6, 6.07) is 0. The molecule has 1 rings (SSSR count). The SMILES string of the molecule is CCCSCc1nc(C(C)(C)C)c(C(=N)N)s1. The number of hydrogen-bond acceptors (Lipinski definition) is 4. The molecule has 17 heavy (non-hydrogen) atoms. The van der Waals surface area contributed by atoms with Crippen LogP contribution in [0, 0.1) is 5.41 Å². The molecule has 0 atom stereocenters. The predicted molar refractivity (Wildman–Crippen MR) is 78.3 cm³/mol. The summed E-state index contributed by atoms with van der Waals surface area (Å²) in [5.41, 5.74) is 6.54. The van der Waals surface area contributed by atoms with Crippen molar-refractivity contribution >= 4 is 28.9 Å². The lowest BCUT2D eigenvalue weighted by atomic mass is 9.91. The lowest BCUT2D eigenvalue weighted by Gasteiger charge is -2.16. The third-order valence-electron chi connectivity index (χ3n) is 2.20. The standard InChI is InChI=1S/C12H21N3S2/c1-5-6-16-7-8-15-10(12(2,3)4)9(17-8)11(13)14/h5-7H2,1-4H3,(H3,13,14). The largest absolute Gasteiger partial charge is 0.383 e. The van der Waals surface area contributed by atoms with Crippen molar-refractivity contribution in [3.05, 3.63) is 15.6 Å². The molecule has 0 saturated heterocycles. The number of rotatable bonds is 5. The second kappa shape index (κ2) is 5.87. The van der Waals surface area contributed by atoms with Crippen LogP contribution in [-0.2, 0) is 11.2 Å². The van der Waals surface area contributed by atoms with Crippen LogP contribution in [0.3, 0.4) is 0 Å². The van der Waals surface area contributed by atoms with Crippen LogP contribution in [0.1, 0.15) is 49.7 Å². The third-order valence-corrected chi connectivity index (χ3v) is 4.65. The molecule has 5 heteroatoms. The minimum Gasteiger partial charge on any atom is -0.383 e. The Kier molecular flexibility index (Phi) is 5.01. The maximum absolute atomic E-state index is 7.62. The van der Waals surface area contributed by atoms with E-state index in [0.717, 1.165) is 27.1 Å². The van der Waals surface area contributed by atoms with E-state index in [1.54, 1.807) is 11.3 Å². The number of nitrogen functional groups attached to an aromatic ring is 1. The predicted octanol–water partition coefficient (Wildman–Crippen LogP) is 3.37. The van der Waals surface area contributed by atoms with Crippen LogP contribution in [0.15, 0.2) is 0 Å². The first-order chi connectivity index (χ1) is 7.86. The van der Waals surface area contributed by atoms with Crippen molar-refractivity contribution < 1.29 is 0 Å². The number of thiazole rings is 1. The van der Waals surface area contributed by atoms with Crippen LogP contribution in [0.4, 0.5) is 0 Å². The highest BCUT2D eigenvalue weighted by Gasteiger charge is 2.24. The van der Waals surface area contributed by atoms with Gasteiger partial charge in [-0.3, -0.25) is 5.41 Å². The van der Waals surface area contributed by atoms with Gasteiger partial charge in [0.2, 0.25) is 0 Å². The van der Waals surface area contributed by atoms with Crippen LogP contribution in [0.2, 0.25) is 0 Å². The van der Waals surface area contributed by atoms with Crippen LogP contribution >= 0.6 is 23.1 Å². The molecular weight excluding hydrogens is 250 g/mol. The fourth-order valence-electron chi connectivity index (χ4n) is 1.42. The van der Waals surface area contributed by atoms with Crippen molar-refractivity contribution in [2.24, 2.45) is 5.73 Å². The van der Waals surface area contributed by atoms with Gasteiger partial charge in [-0.2, -0.15) is 11.8 Å². The zero-order valence-electron chi connectivity index (χ0n) is 11.0. The van der Waals surface area contributed by atoms with Gasteiger partial charge in [-0.1, -0.05) is 27.7 Å². The molecule has 3 nitrogen and oxygen atoms in total. The Labute approximate surface area is 112 Å². The van der Waals surface area contributed by atoms with Gasteiger partial charge in [0.1, 0.15) is 10.8 Å². The molecule has 0 saturated carbocycles. The Morgan fingerprint density at radius 2 is 2.12 bits per heavy atom. The second-order valence-corrected chi connectivity index (χ2v) is 7.19. The minimum atomic E-state index is -0.0504. The molecule has 0 aromatic carbocycles. The molecule has 96 valence electrons. The molecule has 0 spiro atoms. The van der Waals surface area contributed by atoms with E-state index in [1.807, 2.05) is 11.8 Å². The number of nitrogens with zero attached hydrogens (tertiary/aromatic N) is 1. The summed E-state index contributed by atoms with van der Waals surface area (Å²) in [6.07, 6.45) is 1.18. The Balaban J connectivity index is 2.93. The highest BCUT2D eigenvalue weighted by Crippen LogP contribution is 2.30. The molecule has 0 aliphatic rings. The van der Waals surface area contributed by atoms with E-state index in [1.165, 1.54) is 6.42 Å². The number of hydrogen-bond donors (Lipinski definition) is 2. The van der Waals surface area contributed by atoms with Gasteiger partial charge in [0, 0.05) is 11.2 Å². The lowest BCUT2D eigenvalue weighted by molar-refractivity contribution is 0.570.